The summed E-state index contributed by atoms with van der Waals surface area (Å²) in [6, 6.07) is 3.97. The van der Waals surface area contributed by atoms with E-state index in [4.69, 9.17) is 10.5 Å². The van der Waals surface area contributed by atoms with Crippen molar-refractivity contribution >= 4 is 23.5 Å². The molecule has 1 heterocycles. The fraction of sp³-hybridized carbons (Fsp3) is 0.429. The number of hydrogen-bond acceptors (Lipinski definition) is 4. The van der Waals surface area contributed by atoms with E-state index in [0.717, 1.165) is 5.75 Å². The topological polar surface area (TPSA) is 47.6 Å². The van der Waals surface area contributed by atoms with Crippen LogP contribution in [-0.2, 0) is 0 Å². The zero-order chi connectivity index (χ0) is 8.10. The second-order valence-corrected chi connectivity index (χ2v) is 4.47. The van der Waals surface area contributed by atoms with E-state index in [0.29, 0.717) is 0 Å². The van der Waals surface area contributed by atoms with Crippen molar-refractivity contribution < 1.29 is 0 Å². The van der Waals surface area contributed by atoms with Crippen molar-refractivity contribution in [3.05, 3.63) is 11.5 Å². The van der Waals surface area contributed by atoms with E-state index >= 15 is 0 Å². The van der Waals surface area contributed by atoms with Gasteiger partial charge in [-0.3, -0.25) is 0 Å². The molecule has 1 unspecified atom stereocenters. The highest BCUT2D eigenvalue weighted by Gasteiger charge is 2.22. The Morgan fingerprint density at radius 3 is 2.64 bits per heavy atom. The molecule has 11 heavy (non-hydrogen) atoms. The molecule has 1 aliphatic rings. The first-order valence-electron chi connectivity index (χ1n) is 3.10. The summed E-state index contributed by atoms with van der Waals surface area (Å²) in [5, 5.41) is 19.1. The van der Waals surface area contributed by atoms with Crippen LogP contribution in [0.1, 0.15) is 0 Å². The molecule has 0 aromatic rings. The van der Waals surface area contributed by atoms with Crippen molar-refractivity contribution in [2.75, 3.05) is 5.75 Å². The quantitative estimate of drug-likeness (QED) is 0.622. The molecule has 0 aromatic heterocycles. The maximum atomic E-state index is 8.56. The number of nitrogens with zero attached hydrogens (tertiary/aromatic N) is 2. The Labute approximate surface area is 74.3 Å². The van der Waals surface area contributed by atoms with Crippen LogP contribution in [0.4, 0.5) is 0 Å². The van der Waals surface area contributed by atoms with Crippen LogP contribution >= 0.6 is 23.5 Å². The zero-order valence-electron chi connectivity index (χ0n) is 5.73. The van der Waals surface area contributed by atoms with Crippen LogP contribution in [0.15, 0.2) is 11.5 Å². The average molecular weight is 182 g/mol. The van der Waals surface area contributed by atoms with E-state index in [2.05, 4.69) is 0 Å². The van der Waals surface area contributed by atoms with E-state index in [9.17, 15) is 0 Å². The van der Waals surface area contributed by atoms with Gasteiger partial charge in [0.1, 0.15) is 0 Å². The van der Waals surface area contributed by atoms with Gasteiger partial charge in [0.15, 0.2) is 5.92 Å². The molecule has 1 atom stereocenters. The highest BCUT2D eigenvalue weighted by molar-refractivity contribution is 8.19. The van der Waals surface area contributed by atoms with E-state index in [1.54, 1.807) is 23.5 Å². The highest BCUT2D eigenvalue weighted by atomic mass is 32.2. The summed E-state index contributed by atoms with van der Waals surface area (Å²) >= 11 is 3.21. The summed E-state index contributed by atoms with van der Waals surface area (Å²) in [5.74, 6) is 0.437. The Morgan fingerprint density at radius 1 is 1.45 bits per heavy atom. The first-order chi connectivity index (χ1) is 5.38. The summed E-state index contributed by atoms with van der Waals surface area (Å²) in [7, 11) is 0. The summed E-state index contributed by atoms with van der Waals surface area (Å²) in [6.07, 6.45) is 2.04. The van der Waals surface area contributed by atoms with Crippen molar-refractivity contribution in [3.8, 4) is 12.1 Å². The van der Waals surface area contributed by atoms with E-state index in [1.807, 2.05) is 23.6 Å². The van der Waals surface area contributed by atoms with Gasteiger partial charge < -0.3 is 0 Å². The summed E-state index contributed by atoms with van der Waals surface area (Å²) < 4.78 is 0.106. The lowest BCUT2D eigenvalue weighted by molar-refractivity contribution is 0.948. The first kappa shape index (κ1) is 8.52. The van der Waals surface area contributed by atoms with E-state index in [1.165, 1.54) is 0 Å². The molecule has 0 N–H and O–H groups in total. The molecule has 56 valence electrons. The number of nitriles is 2. The van der Waals surface area contributed by atoms with E-state index in [-0.39, 0.29) is 4.58 Å². The van der Waals surface area contributed by atoms with E-state index < -0.39 is 5.92 Å². The van der Waals surface area contributed by atoms with Crippen molar-refractivity contribution in [3.63, 3.8) is 0 Å². The van der Waals surface area contributed by atoms with Crippen LogP contribution in [0, 0.1) is 28.6 Å². The minimum atomic E-state index is -0.477. The Hall–Kier alpha value is -0.580. The van der Waals surface area contributed by atoms with Gasteiger partial charge in [0, 0.05) is 5.75 Å². The fourth-order valence-electron chi connectivity index (χ4n) is 0.687. The van der Waals surface area contributed by atoms with Crippen molar-refractivity contribution in [1.82, 2.24) is 0 Å². The largest absolute Gasteiger partial charge is 0.197 e. The van der Waals surface area contributed by atoms with Crippen LogP contribution in [-0.4, -0.2) is 10.3 Å². The van der Waals surface area contributed by atoms with Gasteiger partial charge in [-0.1, -0.05) is 6.08 Å². The lowest BCUT2D eigenvalue weighted by atomic mass is 10.2. The molecular formula is C7H6N2S2. The maximum absolute atomic E-state index is 8.56. The molecule has 0 amide bonds. The third-order valence-electron chi connectivity index (χ3n) is 1.22. The zero-order valence-corrected chi connectivity index (χ0v) is 7.36. The molecule has 0 radical (unpaired) electrons. The highest BCUT2D eigenvalue weighted by Crippen LogP contribution is 2.34. The third kappa shape index (κ3) is 2.18. The van der Waals surface area contributed by atoms with Gasteiger partial charge in [-0.05, 0) is 5.41 Å². The molecule has 1 aliphatic heterocycles. The normalized spacial score (nSPS) is 22.6. The van der Waals surface area contributed by atoms with Crippen LogP contribution in [0.3, 0.4) is 0 Å². The van der Waals surface area contributed by atoms with Gasteiger partial charge in [-0.15, -0.1) is 23.5 Å². The SMILES string of the molecule is N#CC(C#N)C1SC=CCS1. The second kappa shape index (κ2) is 4.33. The van der Waals surface area contributed by atoms with Crippen molar-refractivity contribution in [2.45, 2.75) is 4.58 Å². The van der Waals surface area contributed by atoms with Crippen LogP contribution in [0.25, 0.3) is 0 Å². The molecule has 2 nitrogen and oxygen atoms in total. The minimum absolute atomic E-state index is 0.106. The summed E-state index contributed by atoms with van der Waals surface area (Å²) in [4.78, 5) is 0. The Balaban J connectivity index is 2.55. The van der Waals surface area contributed by atoms with Gasteiger partial charge in [-0.25, -0.2) is 0 Å². The smallest absolute Gasteiger partial charge is 0.154 e. The molecule has 0 fully saturated rings. The van der Waals surface area contributed by atoms with Crippen LogP contribution in [0.2, 0.25) is 0 Å². The maximum Gasteiger partial charge on any atom is 0.154 e. The fourth-order valence-corrected chi connectivity index (χ4v) is 2.90. The molecule has 1 rings (SSSR count). The summed E-state index contributed by atoms with van der Waals surface area (Å²) in [6.45, 7) is 0. The monoisotopic (exact) mass is 182 g/mol. The Kier molecular flexibility index (Phi) is 3.35. The molecule has 0 bridgehead atoms. The molecule has 0 saturated carbocycles. The average Bonchev–Trinajstić information content (AvgIpc) is 2.09. The Morgan fingerprint density at radius 2 is 2.18 bits per heavy atom. The lowest BCUT2D eigenvalue weighted by Gasteiger charge is -2.16. The van der Waals surface area contributed by atoms with Crippen LogP contribution < -0.4 is 0 Å². The minimum Gasteiger partial charge on any atom is -0.197 e. The molecule has 0 saturated heterocycles. The Bertz CT molecular complexity index is 222. The predicted octanol–water partition coefficient (Wildman–Crippen LogP) is 1.97. The van der Waals surface area contributed by atoms with Gasteiger partial charge in [0.05, 0.1) is 16.7 Å². The molecule has 0 aromatic carbocycles. The van der Waals surface area contributed by atoms with Gasteiger partial charge >= 0.3 is 0 Å². The standard InChI is InChI=1S/C7H6N2S2/c8-4-6(5-9)7-10-2-1-3-11-7/h1-2,6-7H,3H2. The van der Waals surface area contributed by atoms with Crippen molar-refractivity contribution in [2.24, 2.45) is 5.92 Å². The van der Waals surface area contributed by atoms with Gasteiger partial charge in [0.2, 0.25) is 0 Å². The second-order valence-electron chi connectivity index (χ2n) is 1.95. The van der Waals surface area contributed by atoms with Crippen LogP contribution in [0.5, 0.6) is 0 Å². The third-order valence-corrected chi connectivity index (χ3v) is 3.83. The van der Waals surface area contributed by atoms with Gasteiger partial charge in [-0.2, -0.15) is 10.5 Å². The molecule has 4 heteroatoms. The molecular weight excluding hydrogens is 176 g/mol. The number of thioether (sulfide) groups is 2. The van der Waals surface area contributed by atoms with Gasteiger partial charge in [0.25, 0.3) is 0 Å². The van der Waals surface area contributed by atoms with Crippen molar-refractivity contribution in [1.29, 1.82) is 10.5 Å². The number of hydrogen-bond donors (Lipinski definition) is 0. The molecule has 0 aliphatic carbocycles. The lowest BCUT2D eigenvalue weighted by Crippen LogP contribution is -2.11. The number of rotatable bonds is 1. The predicted molar refractivity (Wildman–Crippen MR) is 47.7 cm³/mol. The molecule has 0 spiro atoms. The first-order valence-corrected chi connectivity index (χ1v) is 5.09. The summed E-state index contributed by atoms with van der Waals surface area (Å²) in [5.41, 5.74) is 0.